The highest BCUT2D eigenvalue weighted by Gasteiger charge is 2.06. The molecule has 1 aromatic heterocycles. The number of hydrazone groups is 1. The lowest BCUT2D eigenvalue weighted by molar-refractivity contribution is 1.04. The second-order valence-corrected chi connectivity index (χ2v) is 5.56. The number of halogens is 2. The fraction of sp³-hybridized carbons (Fsp3) is 0.0625. The maximum Gasteiger partial charge on any atom is 0.176 e. The van der Waals surface area contributed by atoms with Crippen LogP contribution in [0.4, 0.5) is 5.82 Å². The molecule has 1 heterocycles. The molecule has 110 valence electrons. The molecule has 0 saturated heterocycles. The summed E-state index contributed by atoms with van der Waals surface area (Å²) in [6.07, 6.45) is 1.72. The highest BCUT2D eigenvalue weighted by Crippen LogP contribution is 2.22. The van der Waals surface area contributed by atoms with Gasteiger partial charge in [0.1, 0.15) is 0 Å². The third-order valence-electron chi connectivity index (χ3n) is 3.22. The minimum absolute atomic E-state index is 0.555. The fourth-order valence-electron chi connectivity index (χ4n) is 2.09. The van der Waals surface area contributed by atoms with Crippen LogP contribution in [0.1, 0.15) is 12.5 Å². The lowest BCUT2D eigenvalue weighted by atomic mass is 10.1. The number of hydrogen-bond donors (Lipinski definition) is 1. The first-order valence-corrected chi connectivity index (χ1v) is 7.37. The minimum atomic E-state index is 0.555. The van der Waals surface area contributed by atoms with Gasteiger partial charge < -0.3 is 0 Å². The van der Waals surface area contributed by atoms with E-state index in [0.29, 0.717) is 15.9 Å². The minimum Gasteiger partial charge on any atom is -0.259 e. The molecule has 1 N–H and O–H groups in total. The summed E-state index contributed by atoms with van der Waals surface area (Å²) in [4.78, 5) is 0. The number of rotatable bonds is 3. The summed E-state index contributed by atoms with van der Waals surface area (Å²) in [5.74, 6) is 0.600. The van der Waals surface area contributed by atoms with Crippen molar-refractivity contribution < 1.29 is 0 Å². The van der Waals surface area contributed by atoms with Crippen molar-refractivity contribution in [3.63, 3.8) is 0 Å². The maximum absolute atomic E-state index is 6.18. The van der Waals surface area contributed by atoms with Gasteiger partial charge in [0.25, 0.3) is 0 Å². The first kappa shape index (κ1) is 14.8. The van der Waals surface area contributed by atoms with Gasteiger partial charge in [-0.25, -0.2) is 0 Å². The zero-order valence-corrected chi connectivity index (χ0v) is 13.2. The molecule has 22 heavy (non-hydrogen) atoms. The molecule has 2 aromatic carbocycles. The molecule has 0 saturated carbocycles. The van der Waals surface area contributed by atoms with Crippen molar-refractivity contribution in [3.05, 3.63) is 64.3 Å². The first-order valence-electron chi connectivity index (χ1n) is 6.61. The molecule has 0 spiro atoms. The van der Waals surface area contributed by atoms with Crippen LogP contribution in [-0.2, 0) is 0 Å². The molecule has 6 heteroatoms. The van der Waals surface area contributed by atoms with Crippen LogP contribution in [0.2, 0.25) is 10.0 Å². The maximum atomic E-state index is 6.18. The van der Waals surface area contributed by atoms with E-state index in [0.717, 1.165) is 22.0 Å². The van der Waals surface area contributed by atoms with Crippen molar-refractivity contribution in [2.45, 2.75) is 6.92 Å². The topological polar surface area (TPSA) is 50.2 Å². The molecule has 0 atom stereocenters. The normalized spacial score (nSPS) is 11.7. The van der Waals surface area contributed by atoms with Gasteiger partial charge in [-0.3, -0.25) is 5.43 Å². The Morgan fingerprint density at radius 1 is 1.14 bits per heavy atom. The summed E-state index contributed by atoms with van der Waals surface area (Å²) in [6, 6.07) is 13.1. The van der Waals surface area contributed by atoms with E-state index in [-0.39, 0.29) is 0 Å². The van der Waals surface area contributed by atoms with Crippen molar-refractivity contribution in [1.82, 2.24) is 10.2 Å². The molecule has 0 radical (unpaired) electrons. The highest BCUT2D eigenvalue weighted by molar-refractivity contribution is 6.37. The Bertz CT molecular complexity index is 856. The van der Waals surface area contributed by atoms with Gasteiger partial charge in [0.05, 0.1) is 16.9 Å². The van der Waals surface area contributed by atoms with E-state index >= 15 is 0 Å². The first-order chi connectivity index (χ1) is 10.6. The molecule has 0 unspecified atom stereocenters. The molecule has 0 fully saturated rings. The van der Waals surface area contributed by atoms with E-state index in [1.165, 1.54) is 0 Å². The van der Waals surface area contributed by atoms with E-state index < -0.39 is 0 Å². The van der Waals surface area contributed by atoms with Crippen LogP contribution < -0.4 is 5.43 Å². The Morgan fingerprint density at radius 3 is 2.77 bits per heavy atom. The van der Waals surface area contributed by atoms with Gasteiger partial charge in [-0.05, 0) is 19.1 Å². The predicted octanol–water partition coefficient (Wildman–Crippen LogP) is 4.77. The number of anilines is 1. The van der Waals surface area contributed by atoms with Crippen molar-refractivity contribution in [2.24, 2.45) is 5.10 Å². The number of benzene rings is 2. The molecule has 4 nitrogen and oxygen atoms in total. The van der Waals surface area contributed by atoms with Gasteiger partial charge in [0.2, 0.25) is 0 Å². The predicted molar refractivity (Wildman–Crippen MR) is 91.8 cm³/mol. The summed E-state index contributed by atoms with van der Waals surface area (Å²) in [5.41, 5.74) is 4.50. The Hall–Kier alpha value is -2.17. The zero-order chi connectivity index (χ0) is 15.5. The smallest absolute Gasteiger partial charge is 0.176 e. The van der Waals surface area contributed by atoms with Crippen LogP contribution in [0, 0.1) is 0 Å². The second-order valence-electron chi connectivity index (χ2n) is 4.71. The van der Waals surface area contributed by atoms with Crippen molar-refractivity contribution in [3.8, 4) is 0 Å². The van der Waals surface area contributed by atoms with Gasteiger partial charge in [0.15, 0.2) is 5.82 Å². The molecule has 0 amide bonds. The third-order valence-corrected chi connectivity index (χ3v) is 3.77. The number of fused-ring (bicyclic) bond motifs is 1. The largest absolute Gasteiger partial charge is 0.259 e. The number of nitrogens with zero attached hydrogens (tertiary/aromatic N) is 3. The summed E-state index contributed by atoms with van der Waals surface area (Å²) < 4.78 is 0. The lowest BCUT2D eigenvalue weighted by Gasteiger charge is -2.07. The Balaban J connectivity index is 1.92. The number of hydrogen-bond acceptors (Lipinski definition) is 4. The van der Waals surface area contributed by atoms with Gasteiger partial charge >= 0.3 is 0 Å². The summed E-state index contributed by atoms with van der Waals surface area (Å²) in [7, 11) is 0. The average molecular weight is 331 g/mol. The molecule has 3 aromatic rings. The highest BCUT2D eigenvalue weighted by atomic mass is 35.5. The summed E-state index contributed by atoms with van der Waals surface area (Å²) in [6.45, 7) is 1.86. The fourth-order valence-corrected chi connectivity index (χ4v) is 2.64. The van der Waals surface area contributed by atoms with Gasteiger partial charge in [-0.1, -0.05) is 53.5 Å². The number of aromatic nitrogens is 2. The summed E-state index contributed by atoms with van der Waals surface area (Å²) in [5, 5.41) is 15.5. The van der Waals surface area contributed by atoms with Gasteiger partial charge in [-0.2, -0.15) is 10.2 Å². The van der Waals surface area contributed by atoms with Crippen LogP contribution >= 0.6 is 23.2 Å². The zero-order valence-electron chi connectivity index (χ0n) is 11.7. The van der Waals surface area contributed by atoms with Crippen LogP contribution in [0.3, 0.4) is 0 Å². The summed E-state index contributed by atoms with van der Waals surface area (Å²) >= 11 is 12.1. The lowest BCUT2D eigenvalue weighted by Crippen LogP contribution is -2.02. The molecule has 0 bridgehead atoms. The Morgan fingerprint density at radius 2 is 1.95 bits per heavy atom. The molecule has 0 aliphatic carbocycles. The second kappa shape index (κ2) is 6.30. The molecule has 3 rings (SSSR count). The van der Waals surface area contributed by atoms with Crippen LogP contribution in [0.5, 0.6) is 0 Å². The molecular formula is C16H12Cl2N4. The van der Waals surface area contributed by atoms with Crippen molar-refractivity contribution >= 4 is 45.5 Å². The SMILES string of the molecule is C/C(=N\Nc1nncc2ccccc12)c1ccc(Cl)cc1Cl. The van der Waals surface area contributed by atoms with E-state index in [1.54, 1.807) is 18.3 Å². The molecule has 0 aliphatic rings. The van der Waals surface area contributed by atoms with E-state index in [2.05, 4.69) is 20.7 Å². The number of nitrogens with one attached hydrogen (secondary N) is 1. The third kappa shape index (κ3) is 3.03. The molecular weight excluding hydrogens is 319 g/mol. The van der Waals surface area contributed by atoms with Crippen LogP contribution in [-0.4, -0.2) is 15.9 Å². The molecule has 0 aliphatic heterocycles. The van der Waals surface area contributed by atoms with Crippen molar-refractivity contribution in [2.75, 3.05) is 5.43 Å². The standard InChI is InChI=1S/C16H12Cl2N4/c1-10(13-7-6-12(17)8-15(13)18)20-22-16-14-5-3-2-4-11(14)9-19-21-16/h2-9H,1H3,(H,21,22)/b20-10+. The van der Waals surface area contributed by atoms with Crippen LogP contribution in [0.25, 0.3) is 10.8 Å². The van der Waals surface area contributed by atoms with E-state index in [9.17, 15) is 0 Å². The quantitative estimate of drug-likeness (QED) is 0.555. The monoisotopic (exact) mass is 330 g/mol. The van der Waals surface area contributed by atoms with E-state index in [1.807, 2.05) is 37.3 Å². The van der Waals surface area contributed by atoms with Crippen LogP contribution in [0.15, 0.2) is 53.8 Å². The van der Waals surface area contributed by atoms with E-state index in [4.69, 9.17) is 23.2 Å². The van der Waals surface area contributed by atoms with Gasteiger partial charge in [0, 0.05) is 21.4 Å². The average Bonchev–Trinajstić information content (AvgIpc) is 2.52. The Labute approximate surface area is 137 Å². The van der Waals surface area contributed by atoms with Crippen molar-refractivity contribution in [1.29, 1.82) is 0 Å². The Kier molecular flexibility index (Phi) is 4.22. The van der Waals surface area contributed by atoms with Gasteiger partial charge in [-0.15, -0.1) is 5.10 Å².